The highest BCUT2D eigenvalue weighted by Gasteiger charge is 2.23. The molecule has 1 unspecified atom stereocenters. The van der Waals surface area contributed by atoms with Gasteiger partial charge in [-0.05, 0) is 19.3 Å². The molecule has 0 radical (unpaired) electrons. The molecule has 0 aliphatic heterocycles. The van der Waals surface area contributed by atoms with Crippen molar-refractivity contribution in [1.82, 2.24) is 4.98 Å². The van der Waals surface area contributed by atoms with Crippen molar-refractivity contribution in [3.8, 4) is 0 Å². The van der Waals surface area contributed by atoms with Crippen molar-refractivity contribution in [3.05, 3.63) is 11.1 Å². The Balaban J connectivity index is 1.75. The second kappa shape index (κ2) is 6.18. The molecule has 1 fully saturated rings. The zero-order chi connectivity index (χ0) is 13.0. The SMILES string of the molecule is COC(=O)CCc1csc(NC(C)CC2CC2)n1. The Labute approximate surface area is 112 Å². The van der Waals surface area contributed by atoms with Crippen LogP contribution in [-0.2, 0) is 16.0 Å². The summed E-state index contributed by atoms with van der Waals surface area (Å²) in [6.07, 6.45) is 5.05. The van der Waals surface area contributed by atoms with Crippen LogP contribution in [0.1, 0.15) is 38.3 Å². The lowest BCUT2D eigenvalue weighted by molar-refractivity contribution is -0.140. The molecule has 4 nitrogen and oxygen atoms in total. The fourth-order valence-corrected chi connectivity index (χ4v) is 2.80. The van der Waals surface area contributed by atoms with Crippen LogP contribution in [0.25, 0.3) is 0 Å². The maximum atomic E-state index is 11.0. The molecule has 2 rings (SSSR count). The number of methoxy groups -OCH3 is 1. The summed E-state index contributed by atoms with van der Waals surface area (Å²) in [6.45, 7) is 2.20. The molecule has 5 heteroatoms. The summed E-state index contributed by atoms with van der Waals surface area (Å²) in [4.78, 5) is 15.5. The number of aromatic nitrogens is 1. The van der Waals surface area contributed by atoms with E-state index in [4.69, 9.17) is 0 Å². The number of ether oxygens (including phenoxy) is 1. The fraction of sp³-hybridized carbons (Fsp3) is 0.692. The molecule has 18 heavy (non-hydrogen) atoms. The van der Waals surface area contributed by atoms with Gasteiger partial charge in [-0.15, -0.1) is 11.3 Å². The third kappa shape index (κ3) is 4.29. The van der Waals surface area contributed by atoms with Gasteiger partial charge in [0, 0.05) is 17.8 Å². The summed E-state index contributed by atoms with van der Waals surface area (Å²) < 4.78 is 4.62. The van der Waals surface area contributed by atoms with Gasteiger partial charge in [0.15, 0.2) is 5.13 Å². The Morgan fingerprint density at radius 2 is 2.44 bits per heavy atom. The molecule has 100 valence electrons. The highest BCUT2D eigenvalue weighted by molar-refractivity contribution is 7.13. The molecule has 1 heterocycles. The lowest BCUT2D eigenvalue weighted by atomic mass is 10.2. The number of hydrogen-bond donors (Lipinski definition) is 1. The average molecular weight is 268 g/mol. The van der Waals surface area contributed by atoms with Crippen molar-refractivity contribution in [3.63, 3.8) is 0 Å². The molecule has 0 saturated heterocycles. The van der Waals surface area contributed by atoms with E-state index in [1.807, 2.05) is 5.38 Å². The Hall–Kier alpha value is -1.10. The fourth-order valence-electron chi connectivity index (χ4n) is 1.94. The molecule has 1 saturated carbocycles. The van der Waals surface area contributed by atoms with Crippen LogP contribution in [0.5, 0.6) is 0 Å². The zero-order valence-electron chi connectivity index (χ0n) is 10.9. The van der Waals surface area contributed by atoms with E-state index in [0.29, 0.717) is 18.9 Å². The van der Waals surface area contributed by atoms with Gasteiger partial charge in [0.1, 0.15) is 0 Å². The maximum Gasteiger partial charge on any atom is 0.305 e. The zero-order valence-corrected chi connectivity index (χ0v) is 11.8. The molecular formula is C13H20N2O2S. The van der Waals surface area contributed by atoms with Gasteiger partial charge in [0.2, 0.25) is 0 Å². The van der Waals surface area contributed by atoms with Gasteiger partial charge in [0.05, 0.1) is 19.2 Å². The van der Waals surface area contributed by atoms with Crippen molar-refractivity contribution in [2.45, 2.75) is 45.1 Å². The number of carbonyl (C=O) groups is 1. The number of aryl methyl sites for hydroxylation is 1. The first-order valence-electron chi connectivity index (χ1n) is 6.45. The molecule has 1 aliphatic carbocycles. The van der Waals surface area contributed by atoms with Crippen molar-refractivity contribution < 1.29 is 9.53 Å². The van der Waals surface area contributed by atoms with Crippen molar-refractivity contribution in [2.75, 3.05) is 12.4 Å². The average Bonchev–Trinajstić information content (AvgIpc) is 3.04. The molecule has 0 amide bonds. The number of esters is 1. The normalized spacial score (nSPS) is 16.3. The van der Waals surface area contributed by atoms with E-state index >= 15 is 0 Å². The van der Waals surface area contributed by atoms with E-state index in [-0.39, 0.29) is 5.97 Å². The monoisotopic (exact) mass is 268 g/mol. The third-order valence-corrected chi connectivity index (χ3v) is 3.94. The molecule has 1 aliphatic rings. The second-order valence-electron chi connectivity index (χ2n) is 4.94. The molecule has 1 aromatic rings. The van der Waals surface area contributed by atoms with Crippen LogP contribution in [-0.4, -0.2) is 24.1 Å². The first kappa shape index (κ1) is 13.3. The Bertz CT molecular complexity index is 401. The standard InChI is InChI=1S/C13H20N2O2S/c1-9(7-10-3-4-10)14-13-15-11(8-18-13)5-6-12(16)17-2/h8-10H,3-7H2,1-2H3,(H,14,15). The van der Waals surface area contributed by atoms with Crippen LogP contribution >= 0.6 is 11.3 Å². The quantitative estimate of drug-likeness (QED) is 0.773. The first-order valence-corrected chi connectivity index (χ1v) is 7.33. The second-order valence-corrected chi connectivity index (χ2v) is 5.80. The van der Waals surface area contributed by atoms with Gasteiger partial charge in [-0.1, -0.05) is 12.8 Å². The summed E-state index contributed by atoms with van der Waals surface area (Å²) in [5.41, 5.74) is 0.964. The molecular weight excluding hydrogens is 248 g/mol. The smallest absolute Gasteiger partial charge is 0.305 e. The van der Waals surface area contributed by atoms with E-state index in [2.05, 4.69) is 22.0 Å². The number of hydrogen-bond acceptors (Lipinski definition) is 5. The van der Waals surface area contributed by atoms with Gasteiger partial charge in [-0.25, -0.2) is 4.98 Å². The maximum absolute atomic E-state index is 11.0. The largest absolute Gasteiger partial charge is 0.469 e. The first-order chi connectivity index (χ1) is 8.67. The summed E-state index contributed by atoms with van der Waals surface area (Å²) in [6, 6.07) is 0.483. The van der Waals surface area contributed by atoms with Crippen LogP contribution in [0.4, 0.5) is 5.13 Å². The van der Waals surface area contributed by atoms with Crippen molar-refractivity contribution >= 4 is 22.4 Å². The summed E-state index contributed by atoms with van der Waals surface area (Å²) in [7, 11) is 1.41. The van der Waals surface area contributed by atoms with Crippen molar-refractivity contribution in [1.29, 1.82) is 0 Å². The van der Waals surface area contributed by atoms with E-state index in [9.17, 15) is 4.79 Å². The number of nitrogens with one attached hydrogen (secondary N) is 1. The molecule has 1 N–H and O–H groups in total. The van der Waals surface area contributed by atoms with Crippen LogP contribution in [0.3, 0.4) is 0 Å². The van der Waals surface area contributed by atoms with Gasteiger partial charge >= 0.3 is 5.97 Å². The van der Waals surface area contributed by atoms with Gasteiger partial charge in [0.25, 0.3) is 0 Å². The van der Waals surface area contributed by atoms with E-state index < -0.39 is 0 Å². The van der Waals surface area contributed by atoms with Crippen LogP contribution in [0.2, 0.25) is 0 Å². The van der Waals surface area contributed by atoms with Gasteiger partial charge < -0.3 is 10.1 Å². The number of rotatable bonds is 7. The van der Waals surface area contributed by atoms with E-state index in [0.717, 1.165) is 16.7 Å². The Morgan fingerprint density at radius 1 is 1.67 bits per heavy atom. The van der Waals surface area contributed by atoms with Crippen molar-refractivity contribution in [2.24, 2.45) is 5.92 Å². The lowest BCUT2D eigenvalue weighted by Gasteiger charge is -2.11. The van der Waals surface area contributed by atoms with E-state index in [1.165, 1.54) is 26.4 Å². The third-order valence-electron chi connectivity index (χ3n) is 3.12. The summed E-state index contributed by atoms with van der Waals surface area (Å²) in [5.74, 6) is 0.742. The Morgan fingerprint density at radius 3 is 3.11 bits per heavy atom. The highest BCUT2D eigenvalue weighted by atomic mass is 32.1. The molecule has 0 aromatic carbocycles. The topological polar surface area (TPSA) is 51.2 Å². The summed E-state index contributed by atoms with van der Waals surface area (Å²) >= 11 is 1.61. The predicted molar refractivity (Wildman–Crippen MR) is 72.9 cm³/mol. The highest BCUT2D eigenvalue weighted by Crippen LogP contribution is 2.34. The Kier molecular flexibility index (Phi) is 4.58. The molecule has 1 atom stereocenters. The lowest BCUT2D eigenvalue weighted by Crippen LogP contribution is -2.15. The minimum absolute atomic E-state index is 0.181. The number of nitrogens with zero attached hydrogens (tertiary/aromatic N) is 1. The van der Waals surface area contributed by atoms with Crippen LogP contribution in [0.15, 0.2) is 5.38 Å². The minimum atomic E-state index is -0.181. The number of thiazole rings is 1. The van der Waals surface area contributed by atoms with Crippen LogP contribution < -0.4 is 5.32 Å². The minimum Gasteiger partial charge on any atom is -0.469 e. The molecule has 1 aromatic heterocycles. The van der Waals surface area contributed by atoms with Gasteiger partial charge in [-0.2, -0.15) is 0 Å². The van der Waals surface area contributed by atoms with Gasteiger partial charge in [-0.3, -0.25) is 4.79 Å². The molecule has 0 spiro atoms. The number of anilines is 1. The van der Waals surface area contributed by atoms with E-state index in [1.54, 1.807) is 11.3 Å². The number of carbonyl (C=O) groups excluding carboxylic acids is 1. The predicted octanol–water partition coefficient (Wildman–Crippen LogP) is 2.85. The van der Waals surface area contributed by atoms with Crippen LogP contribution in [0, 0.1) is 5.92 Å². The summed E-state index contributed by atoms with van der Waals surface area (Å²) in [5, 5.41) is 6.40. The molecule has 0 bridgehead atoms.